The first kappa shape index (κ1) is 20.2. The van der Waals surface area contributed by atoms with Gasteiger partial charge in [0.2, 0.25) is 0 Å². The van der Waals surface area contributed by atoms with Gasteiger partial charge in [0.1, 0.15) is 0 Å². The molecule has 0 heterocycles. The summed E-state index contributed by atoms with van der Waals surface area (Å²) in [6.07, 6.45) is 13.5. The molecule has 148 valence electrons. The standard InChI is InChI=1S/C26H32S2/c27-25(21-14-8-3-9-15-21)26(28)24-18-22(19-10-4-1-5-11-19)16-17-23(24)20-12-6-2-7-13-20/h3,8-9,14-20,27-28H,1-2,4-7,10-13H2. The third-order valence-electron chi connectivity index (χ3n) is 6.73. The van der Waals surface area contributed by atoms with Crippen molar-refractivity contribution < 1.29 is 0 Å². The minimum atomic E-state index is 0.670. The summed E-state index contributed by atoms with van der Waals surface area (Å²) >= 11 is 9.93. The molecular formula is C26H32S2. The zero-order valence-electron chi connectivity index (χ0n) is 16.7. The van der Waals surface area contributed by atoms with E-state index in [0.717, 1.165) is 15.4 Å². The maximum absolute atomic E-state index is 5.03. The Hall–Kier alpha value is -1.12. The van der Waals surface area contributed by atoms with E-state index < -0.39 is 0 Å². The van der Waals surface area contributed by atoms with E-state index in [2.05, 4.69) is 48.5 Å². The summed E-state index contributed by atoms with van der Waals surface area (Å²) in [5, 5.41) is 0. The number of benzene rings is 2. The van der Waals surface area contributed by atoms with Crippen LogP contribution in [-0.4, -0.2) is 0 Å². The van der Waals surface area contributed by atoms with Crippen molar-refractivity contribution in [2.75, 3.05) is 0 Å². The van der Waals surface area contributed by atoms with Crippen LogP contribution in [0.25, 0.3) is 9.81 Å². The second-order valence-electron chi connectivity index (χ2n) is 8.58. The Morgan fingerprint density at radius 1 is 0.643 bits per heavy atom. The molecule has 0 spiro atoms. The van der Waals surface area contributed by atoms with Gasteiger partial charge in [-0.2, -0.15) is 0 Å². The lowest BCUT2D eigenvalue weighted by Gasteiger charge is -2.27. The Balaban J connectivity index is 1.76. The maximum Gasteiger partial charge on any atom is 0.0256 e. The molecule has 4 rings (SSSR count). The second-order valence-corrected chi connectivity index (χ2v) is 9.47. The second kappa shape index (κ2) is 9.59. The average molecular weight is 409 g/mol. The molecule has 0 radical (unpaired) electrons. The molecule has 2 aliphatic rings. The van der Waals surface area contributed by atoms with E-state index in [1.165, 1.54) is 80.9 Å². The van der Waals surface area contributed by atoms with Gasteiger partial charge in [-0.1, -0.05) is 87.1 Å². The summed E-state index contributed by atoms with van der Waals surface area (Å²) in [6, 6.07) is 17.8. The lowest BCUT2D eigenvalue weighted by molar-refractivity contribution is 0.438. The summed E-state index contributed by atoms with van der Waals surface area (Å²) < 4.78 is 0. The quantitative estimate of drug-likeness (QED) is 0.368. The number of hydrogen-bond donors (Lipinski definition) is 2. The van der Waals surface area contributed by atoms with Gasteiger partial charge in [-0.05, 0) is 59.8 Å². The van der Waals surface area contributed by atoms with Crippen LogP contribution in [0.3, 0.4) is 0 Å². The normalized spacial score (nSPS) is 20.1. The topological polar surface area (TPSA) is 0 Å². The van der Waals surface area contributed by atoms with Crippen LogP contribution in [-0.2, 0) is 0 Å². The van der Waals surface area contributed by atoms with Gasteiger partial charge in [0.05, 0.1) is 0 Å². The van der Waals surface area contributed by atoms with Crippen LogP contribution >= 0.6 is 25.3 Å². The van der Waals surface area contributed by atoms with Crippen LogP contribution in [0.1, 0.15) is 98.3 Å². The van der Waals surface area contributed by atoms with Crippen LogP contribution < -0.4 is 0 Å². The molecule has 28 heavy (non-hydrogen) atoms. The summed E-state index contributed by atoms with van der Waals surface area (Å²) in [5.41, 5.74) is 5.47. The van der Waals surface area contributed by atoms with Crippen LogP contribution in [0.15, 0.2) is 48.5 Å². The summed E-state index contributed by atoms with van der Waals surface area (Å²) in [5.74, 6) is 1.39. The van der Waals surface area contributed by atoms with Gasteiger partial charge in [0, 0.05) is 9.81 Å². The van der Waals surface area contributed by atoms with Crippen molar-refractivity contribution in [1.29, 1.82) is 0 Å². The zero-order valence-corrected chi connectivity index (χ0v) is 18.5. The van der Waals surface area contributed by atoms with E-state index in [9.17, 15) is 0 Å². The average Bonchev–Trinajstić information content (AvgIpc) is 2.79. The predicted octanol–water partition coefficient (Wildman–Crippen LogP) is 8.47. The van der Waals surface area contributed by atoms with Gasteiger partial charge in [0.15, 0.2) is 0 Å². The molecule has 0 saturated heterocycles. The molecule has 0 nitrogen and oxygen atoms in total. The lowest BCUT2D eigenvalue weighted by atomic mass is 9.79. The van der Waals surface area contributed by atoms with E-state index in [4.69, 9.17) is 25.3 Å². The summed E-state index contributed by atoms with van der Waals surface area (Å²) in [4.78, 5) is 2.02. The van der Waals surface area contributed by atoms with Gasteiger partial charge in [-0.25, -0.2) is 0 Å². The molecule has 2 fully saturated rings. The highest BCUT2D eigenvalue weighted by Gasteiger charge is 2.23. The molecule has 2 aromatic rings. The van der Waals surface area contributed by atoms with Gasteiger partial charge in [-0.15, -0.1) is 25.3 Å². The summed E-state index contributed by atoms with van der Waals surface area (Å²) in [6.45, 7) is 0. The number of thiol groups is 2. The Morgan fingerprint density at radius 2 is 1.25 bits per heavy atom. The van der Waals surface area contributed by atoms with Crippen LogP contribution in [0.4, 0.5) is 0 Å². The van der Waals surface area contributed by atoms with Crippen molar-refractivity contribution in [2.24, 2.45) is 0 Å². The molecular weight excluding hydrogens is 376 g/mol. The molecule has 2 aliphatic carbocycles. The number of rotatable bonds is 4. The van der Waals surface area contributed by atoms with Crippen LogP contribution in [0, 0.1) is 0 Å². The van der Waals surface area contributed by atoms with Crippen molar-refractivity contribution in [1.82, 2.24) is 0 Å². The van der Waals surface area contributed by atoms with Crippen molar-refractivity contribution >= 4 is 35.1 Å². The molecule has 0 unspecified atom stereocenters. The minimum absolute atomic E-state index is 0.670. The third kappa shape index (κ3) is 4.54. The monoisotopic (exact) mass is 408 g/mol. The van der Waals surface area contributed by atoms with Gasteiger partial charge >= 0.3 is 0 Å². The SMILES string of the molecule is SC(=C(S)c1cc(C2CCCCC2)ccc1C1CCCCC1)c1ccccc1. The smallest absolute Gasteiger partial charge is 0.0256 e. The molecule has 2 aromatic carbocycles. The molecule has 2 heteroatoms. The minimum Gasteiger partial charge on any atom is -0.142 e. The van der Waals surface area contributed by atoms with Gasteiger partial charge in [-0.3, -0.25) is 0 Å². The maximum atomic E-state index is 5.03. The fourth-order valence-corrected chi connectivity index (χ4v) is 5.69. The van der Waals surface area contributed by atoms with Crippen molar-refractivity contribution in [3.63, 3.8) is 0 Å². The van der Waals surface area contributed by atoms with Crippen LogP contribution in [0.5, 0.6) is 0 Å². The molecule has 0 aromatic heterocycles. The molecule has 2 saturated carbocycles. The first-order valence-corrected chi connectivity index (χ1v) is 12.0. The molecule has 0 bridgehead atoms. The highest BCUT2D eigenvalue weighted by Crippen LogP contribution is 2.43. The van der Waals surface area contributed by atoms with Crippen LogP contribution in [0.2, 0.25) is 0 Å². The van der Waals surface area contributed by atoms with E-state index in [0.29, 0.717) is 11.8 Å². The van der Waals surface area contributed by atoms with Gasteiger partial charge in [0.25, 0.3) is 0 Å². The third-order valence-corrected chi connectivity index (χ3v) is 7.85. The Bertz CT molecular complexity index is 810. The van der Waals surface area contributed by atoms with E-state index >= 15 is 0 Å². The fourth-order valence-electron chi connectivity index (χ4n) is 5.10. The first-order chi connectivity index (χ1) is 13.7. The zero-order chi connectivity index (χ0) is 19.3. The van der Waals surface area contributed by atoms with Gasteiger partial charge < -0.3 is 0 Å². The highest BCUT2D eigenvalue weighted by atomic mass is 32.1. The molecule has 0 atom stereocenters. The summed E-state index contributed by atoms with van der Waals surface area (Å²) in [7, 11) is 0. The van der Waals surface area contributed by atoms with Crippen molar-refractivity contribution in [3.05, 3.63) is 70.8 Å². The molecule has 0 amide bonds. The first-order valence-electron chi connectivity index (χ1n) is 11.1. The Kier molecular flexibility index (Phi) is 6.90. The molecule has 0 aliphatic heterocycles. The van der Waals surface area contributed by atoms with E-state index in [1.807, 2.05) is 0 Å². The van der Waals surface area contributed by atoms with E-state index in [-0.39, 0.29) is 0 Å². The number of hydrogen-bond acceptors (Lipinski definition) is 2. The van der Waals surface area contributed by atoms with Crippen molar-refractivity contribution in [2.45, 2.75) is 76.0 Å². The predicted molar refractivity (Wildman–Crippen MR) is 129 cm³/mol. The van der Waals surface area contributed by atoms with Crippen molar-refractivity contribution in [3.8, 4) is 0 Å². The largest absolute Gasteiger partial charge is 0.142 e. The Labute approximate surface area is 181 Å². The highest BCUT2D eigenvalue weighted by molar-refractivity contribution is 7.96. The molecule has 0 N–H and O–H groups in total. The lowest BCUT2D eigenvalue weighted by Crippen LogP contribution is -2.09. The van der Waals surface area contributed by atoms with E-state index in [1.54, 1.807) is 0 Å². The fraction of sp³-hybridized carbons (Fsp3) is 0.462. The Morgan fingerprint density at radius 3 is 1.89 bits per heavy atom.